The highest BCUT2D eigenvalue weighted by atomic mass is 32.2. The molecule has 1 N–H and O–H groups in total. The van der Waals surface area contributed by atoms with E-state index >= 15 is 0 Å². The van der Waals surface area contributed by atoms with Gasteiger partial charge in [-0.25, -0.2) is 8.42 Å². The highest BCUT2D eigenvalue weighted by Crippen LogP contribution is 2.33. The topological polar surface area (TPSA) is 66.5 Å². The Labute approximate surface area is 175 Å². The molecule has 0 fully saturated rings. The fraction of sp³-hybridized carbons (Fsp3) is 0.381. The van der Waals surface area contributed by atoms with Crippen molar-refractivity contribution >= 4 is 21.6 Å². The minimum atomic E-state index is -4.64. The third-order valence-electron chi connectivity index (χ3n) is 4.47. The molecular weight excluding hydrogens is 417 g/mol. The molecule has 1 amide bonds. The second-order valence-electron chi connectivity index (χ2n) is 7.82. The van der Waals surface area contributed by atoms with Crippen LogP contribution in [0.5, 0.6) is 0 Å². The largest absolute Gasteiger partial charge is 0.416 e. The number of carbonyl (C=O) groups is 1. The number of sulfonamides is 1. The monoisotopic (exact) mass is 442 g/mol. The zero-order valence-corrected chi connectivity index (χ0v) is 18.0. The summed E-state index contributed by atoms with van der Waals surface area (Å²) in [5.74, 6) is -0.612. The predicted molar refractivity (Wildman–Crippen MR) is 111 cm³/mol. The van der Waals surface area contributed by atoms with Crippen LogP contribution in [0.3, 0.4) is 0 Å². The van der Waals surface area contributed by atoms with Gasteiger partial charge in [0.25, 0.3) is 0 Å². The average Bonchev–Trinajstić information content (AvgIpc) is 2.60. The van der Waals surface area contributed by atoms with Crippen LogP contribution in [0.15, 0.2) is 54.6 Å². The maximum absolute atomic E-state index is 13.1. The number of nitrogens with one attached hydrogen (secondary N) is 1. The number of hydrogen-bond acceptors (Lipinski definition) is 3. The average molecular weight is 443 g/mol. The van der Waals surface area contributed by atoms with E-state index in [4.69, 9.17) is 0 Å². The van der Waals surface area contributed by atoms with Gasteiger partial charge in [0.1, 0.15) is 6.04 Å². The van der Waals surface area contributed by atoms with Crippen LogP contribution >= 0.6 is 0 Å². The van der Waals surface area contributed by atoms with Crippen LogP contribution in [0.1, 0.15) is 31.9 Å². The van der Waals surface area contributed by atoms with Crippen LogP contribution in [0.25, 0.3) is 0 Å². The van der Waals surface area contributed by atoms with Crippen molar-refractivity contribution in [2.75, 3.05) is 10.6 Å². The van der Waals surface area contributed by atoms with E-state index in [1.807, 2.05) is 30.3 Å². The Kier molecular flexibility index (Phi) is 6.86. The van der Waals surface area contributed by atoms with Crippen molar-refractivity contribution in [2.45, 2.75) is 44.9 Å². The highest BCUT2D eigenvalue weighted by molar-refractivity contribution is 7.92. The molecule has 5 nitrogen and oxygen atoms in total. The molecule has 0 aliphatic heterocycles. The Bertz CT molecular complexity index is 990. The van der Waals surface area contributed by atoms with Gasteiger partial charge >= 0.3 is 6.18 Å². The maximum atomic E-state index is 13.1. The minimum absolute atomic E-state index is 0.226. The summed E-state index contributed by atoms with van der Waals surface area (Å²) < 4.78 is 64.6. The summed E-state index contributed by atoms with van der Waals surface area (Å²) in [5.41, 5.74) is -0.946. The van der Waals surface area contributed by atoms with Gasteiger partial charge in [-0.05, 0) is 51.0 Å². The molecule has 0 unspecified atom stereocenters. The number of rotatable bonds is 7. The summed E-state index contributed by atoms with van der Waals surface area (Å²) in [6.07, 6.45) is -3.29. The zero-order valence-electron chi connectivity index (χ0n) is 17.2. The molecule has 0 spiro atoms. The van der Waals surface area contributed by atoms with E-state index in [9.17, 15) is 26.4 Å². The predicted octanol–water partition coefficient (Wildman–Crippen LogP) is 4.00. The molecule has 0 heterocycles. The normalized spacial score (nSPS) is 13.6. The van der Waals surface area contributed by atoms with E-state index in [1.54, 1.807) is 13.8 Å². The molecule has 0 aliphatic rings. The molecule has 2 aromatic carbocycles. The molecule has 0 saturated heterocycles. The number of carbonyl (C=O) groups excluding carboxylic acids is 1. The molecule has 0 bridgehead atoms. The van der Waals surface area contributed by atoms with E-state index in [-0.39, 0.29) is 5.69 Å². The number of benzene rings is 2. The summed E-state index contributed by atoms with van der Waals surface area (Å²) in [7, 11) is -4.03. The zero-order chi connectivity index (χ0) is 22.7. The van der Waals surface area contributed by atoms with Gasteiger partial charge in [-0.15, -0.1) is 0 Å². The Morgan fingerprint density at radius 2 is 1.67 bits per heavy atom. The first-order valence-corrected chi connectivity index (χ1v) is 11.1. The SMILES string of the molecule is C[C@H](C(=O)NC(C)(C)Cc1ccccc1)N(c1cccc(C(F)(F)F)c1)S(C)(=O)=O. The Hall–Kier alpha value is -2.55. The molecule has 2 rings (SSSR count). The smallest absolute Gasteiger partial charge is 0.349 e. The summed E-state index contributed by atoms with van der Waals surface area (Å²) >= 11 is 0. The van der Waals surface area contributed by atoms with Crippen LogP contribution in [0, 0.1) is 0 Å². The first kappa shape index (κ1) is 23.7. The van der Waals surface area contributed by atoms with E-state index in [0.29, 0.717) is 10.7 Å². The van der Waals surface area contributed by atoms with E-state index in [0.717, 1.165) is 30.0 Å². The molecule has 0 aromatic heterocycles. The molecule has 2 aromatic rings. The van der Waals surface area contributed by atoms with Crippen molar-refractivity contribution in [1.82, 2.24) is 5.32 Å². The number of nitrogens with zero attached hydrogens (tertiary/aromatic N) is 1. The molecule has 1 atom stereocenters. The van der Waals surface area contributed by atoms with E-state index in [1.165, 1.54) is 13.0 Å². The van der Waals surface area contributed by atoms with Crippen LogP contribution in [0.4, 0.5) is 18.9 Å². The summed E-state index contributed by atoms with van der Waals surface area (Å²) in [5, 5.41) is 2.80. The van der Waals surface area contributed by atoms with Gasteiger partial charge in [0, 0.05) is 5.54 Å². The minimum Gasteiger partial charge on any atom is -0.349 e. The van der Waals surface area contributed by atoms with Crippen LogP contribution < -0.4 is 9.62 Å². The molecule has 164 valence electrons. The molecule has 0 radical (unpaired) electrons. The standard InChI is InChI=1S/C21H25F3N2O3S/c1-15(19(27)25-20(2,3)14-16-9-6-5-7-10-16)26(30(4,28)29)18-12-8-11-17(13-18)21(22,23)24/h5-13,15H,14H2,1-4H3,(H,25,27)/t15-/m1/s1. The molecular formula is C21H25F3N2O3S. The van der Waals surface area contributed by atoms with Crippen molar-refractivity contribution in [2.24, 2.45) is 0 Å². The van der Waals surface area contributed by atoms with E-state index < -0.39 is 39.3 Å². The van der Waals surface area contributed by atoms with Gasteiger partial charge in [0.2, 0.25) is 15.9 Å². The number of hydrogen-bond donors (Lipinski definition) is 1. The molecule has 9 heteroatoms. The lowest BCUT2D eigenvalue weighted by molar-refractivity contribution is -0.137. The van der Waals surface area contributed by atoms with Crippen molar-refractivity contribution in [1.29, 1.82) is 0 Å². The van der Waals surface area contributed by atoms with Crippen LogP contribution in [-0.2, 0) is 27.4 Å². The molecule has 30 heavy (non-hydrogen) atoms. The summed E-state index contributed by atoms with van der Waals surface area (Å²) in [6, 6.07) is 12.1. The number of halogens is 3. The Morgan fingerprint density at radius 1 is 1.07 bits per heavy atom. The van der Waals surface area contributed by atoms with Gasteiger partial charge in [0.15, 0.2) is 0 Å². The second kappa shape index (κ2) is 8.67. The lowest BCUT2D eigenvalue weighted by atomic mass is 9.94. The number of anilines is 1. The maximum Gasteiger partial charge on any atom is 0.416 e. The lowest BCUT2D eigenvalue weighted by Crippen LogP contribution is -2.54. The van der Waals surface area contributed by atoms with Gasteiger partial charge < -0.3 is 5.32 Å². The quantitative estimate of drug-likeness (QED) is 0.705. The van der Waals surface area contributed by atoms with Crippen LogP contribution in [-0.4, -0.2) is 32.2 Å². The summed E-state index contributed by atoms with van der Waals surface area (Å²) in [6.45, 7) is 4.93. The fourth-order valence-corrected chi connectivity index (χ4v) is 4.38. The van der Waals surface area contributed by atoms with Crippen molar-refractivity contribution in [3.05, 3.63) is 65.7 Å². The first-order valence-electron chi connectivity index (χ1n) is 9.23. The first-order chi connectivity index (χ1) is 13.7. The van der Waals surface area contributed by atoms with Crippen molar-refractivity contribution in [3.8, 4) is 0 Å². The van der Waals surface area contributed by atoms with Crippen molar-refractivity contribution in [3.63, 3.8) is 0 Å². The van der Waals surface area contributed by atoms with Crippen LogP contribution in [0.2, 0.25) is 0 Å². The fourth-order valence-electron chi connectivity index (χ4n) is 3.22. The van der Waals surface area contributed by atoms with Crippen molar-refractivity contribution < 1.29 is 26.4 Å². The lowest BCUT2D eigenvalue weighted by Gasteiger charge is -2.33. The van der Waals surface area contributed by atoms with E-state index in [2.05, 4.69) is 5.32 Å². The number of alkyl halides is 3. The molecule has 0 saturated carbocycles. The molecule has 0 aliphatic carbocycles. The van der Waals surface area contributed by atoms with Gasteiger partial charge in [-0.3, -0.25) is 9.10 Å². The Balaban J connectivity index is 2.29. The van der Waals surface area contributed by atoms with Gasteiger partial charge in [-0.2, -0.15) is 13.2 Å². The highest BCUT2D eigenvalue weighted by Gasteiger charge is 2.35. The summed E-state index contributed by atoms with van der Waals surface area (Å²) in [4.78, 5) is 12.9. The third-order valence-corrected chi connectivity index (χ3v) is 5.71. The van der Waals surface area contributed by atoms with Gasteiger partial charge in [-0.1, -0.05) is 36.4 Å². The van der Waals surface area contributed by atoms with Gasteiger partial charge in [0.05, 0.1) is 17.5 Å². The third kappa shape index (κ3) is 6.22. The number of amides is 1. The Morgan fingerprint density at radius 3 is 2.20 bits per heavy atom. The second-order valence-corrected chi connectivity index (χ2v) is 9.68.